The van der Waals surface area contributed by atoms with Crippen LogP contribution in [0.4, 0.5) is 14.5 Å². The Kier molecular flexibility index (Phi) is 6.19. The molecule has 1 atom stereocenters. The molecule has 0 aliphatic carbocycles. The molecule has 0 bridgehead atoms. The summed E-state index contributed by atoms with van der Waals surface area (Å²) in [7, 11) is -3.16. The maximum absolute atomic E-state index is 12.3. The summed E-state index contributed by atoms with van der Waals surface area (Å²) in [6, 6.07) is 3.65. The predicted octanol–water partition coefficient (Wildman–Crippen LogP) is 0.985. The summed E-state index contributed by atoms with van der Waals surface area (Å²) >= 11 is 0. The van der Waals surface area contributed by atoms with E-state index in [9.17, 15) is 22.0 Å². The molecule has 0 radical (unpaired) electrons. The van der Waals surface area contributed by atoms with E-state index >= 15 is 0 Å². The molecule has 0 spiro atoms. The smallest absolute Gasteiger partial charge is 0.341 e. The molecule has 6 nitrogen and oxygen atoms in total. The lowest BCUT2D eigenvalue weighted by molar-refractivity contribution is -0.117. The molecule has 9 heteroatoms. The highest BCUT2D eigenvalue weighted by Gasteiger charge is 2.26. The third-order valence-electron chi connectivity index (χ3n) is 2.65. The number of alkyl halides is 2. The lowest BCUT2D eigenvalue weighted by atomic mass is 10.2. The standard InChI is InChI=1S/C12H16F2N2O4S/c1-20-7-6-10(15)11(17)16-8-2-4-9(5-3-8)21(18,19)12(13)14/h2-5,10,12H,6-7,15H2,1H3,(H,16,17). The number of hydrogen-bond donors (Lipinski definition) is 2. The van der Waals surface area contributed by atoms with Crippen molar-refractivity contribution in [2.24, 2.45) is 5.73 Å². The lowest BCUT2D eigenvalue weighted by Gasteiger charge is -2.12. The number of halogens is 2. The lowest BCUT2D eigenvalue weighted by Crippen LogP contribution is -2.36. The van der Waals surface area contributed by atoms with Crippen LogP contribution in [0.15, 0.2) is 29.2 Å². The molecule has 1 amide bonds. The van der Waals surface area contributed by atoms with E-state index in [-0.39, 0.29) is 5.69 Å². The fourth-order valence-electron chi connectivity index (χ4n) is 1.44. The topological polar surface area (TPSA) is 98.5 Å². The van der Waals surface area contributed by atoms with Crippen molar-refractivity contribution in [1.82, 2.24) is 0 Å². The molecule has 118 valence electrons. The number of carbonyl (C=O) groups excluding carboxylic acids is 1. The fraction of sp³-hybridized carbons (Fsp3) is 0.417. The molecule has 1 rings (SSSR count). The molecule has 1 aromatic carbocycles. The van der Waals surface area contributed by atoms with Gasteiger partial charge in [-0.2, -0.15) is 8.78 Å². The second kappa shape index (κ2) is 7.43. The number of rotatable bonds is 7. The van der Waals surface area contributed by atoms with Gasteiger partial charge in [-0.05, 0) is 30.7 Å². The minimum absolute atomic E-state index is 0.265. The van der Waals surface area contributed by atoms with Crippen molar-refractivity contribution in [2.75, 3.05) is 19.0 Å². The van der Waals surface area contributed by atoms with E-state index in [1.54, 1.807) is 0 Å². The van der Waals surface area contributed by atoms with E-state index in [4.69, 9.17) is 10.5 Å². The van der Waals surface area contributed by atoms with Gasteiger partial charge in [0.1, 0.15) is 0 Å². The Morgan fingerprint density at radius 2 is 1.90 bits per heavy atom. The summed E-state index contributed by atoms with van der Waals surface area (Å²) in [5, 5.41) is 2.46. The maximum Gasteiger partial charge on any atom is 0.341 e. The fourth-order valence-corrected chi connectivity index (χ4v) is 2.16. The zero-order valence-electron chi connectivity index (χ0n) is 11.3. The van der Waals surface area contributed by atoms with Crippen LogP contribution < -0.4 is 11.1 Å². The number of amides is 1. The number of sulfone groups is 1. The van der Waals surface area contributed by atoms with Crippen molar-refractivity contribution >= 4 is 21.4 Å². The quantitative estimate of drug-likeness (QED) is 0.780. The van der Waals surface area contributed by atoms with Crippen LogP contribution in [0.1, 0.15) is 6.42 Å². The number of ether oxygens (including phenoxy) is 1. The molecule has 0 aromatic heterocycles. The normalized spacial score (nSPS) is 13.2. The van der Waals surface area contributed by atoms with Gasteiger partial charge in [0.15, 0.2) is 0 Å². The number of methoxy groups -OCH3 is 1. The Hall–Kier alpha value is -1.58. The average molecular weight is 322 g/mol. The summed E-state index contributed by atoms with van der Waals surface area (Å²) in [6.07, 6.45) is 0.320. The zero-order chi connectivity index (χ0) is 16.0. The molecule has 1 aromatic rings. The van der Waals surface area contributed by atoms with E-state index in [1.165, 1.54) is 19.2 Å². The van der Waals surface area contributed by atoms with Gasteiger partial charge in [-0.1, -0.05) is 0 Å². The molecule has 1 unspecified atom stereocenters. The van der Waals surface area contributed by atoms with E-state index in [0.29, 0.717) is 13.0 Å². The van der Waals surface area contributed by atoms with Gasteiger partial charge in [-0.3, -0.25) is 4.79 Å². The van der Waals surface area contributed by atoms with Gasteiger partial charge in [0.25, 0.3) is 0 Å². The molecular formula is C12H16F2N2O4S. The molecule has 0 heterocycles. The number of anilines is 1. The molecular weight excluding hydrogens is 306 g/mol. The number of hydrogen-bond acceptors (Lipinski definition) is 5. The Bertz CT molecular complexity index is 575. The minimum Gasteiger partial charge on any atom is -0.385 e. The monoisotopic (exact) mass is 322 g/mol. The first kappa shape index (κ1) is 17.5. The van der Waals surface area contributed by atoms with Gasteiger partial charge in [0.05, 0.1) is 10.9 Å². The number of carbonyl (C=O) groups is 1. The Balaban J connectivity index is 2.74. The Labute approximate surface area is 121 Å². The molecule has 3 N–H and O–H groups in total. The largest absolute Gasteiger partial charge is 0.385 e. The number of nitrogens with one attached hydrogen (secondary N) is 1. The molecule has 21 heavy (non-hydrogen) atoms. The molecule has 0 saturated carbocycles. The van der Waals surface area contributed by atoms with Crippen LogP contribution in [-0.2, 0) is 19.4 Å². The second-order valence-corrected chi connectivity index (χ2v) is 6.13. The first-order valence-corrected chi connectivity index (χ1v) is 7.51. The highest BCUT2D eigenvalue weighted by atomic mass is 32.2. The number of benzene rings is 1. The van der Waals surface area contributed by atoms with Gasteiger partial charge >= 0.3 is 5.76 Å². The van der Waals surface area contributed by atoms with Gasteiger partial charge in [-0.25, -0.2) is 8.42 Å². The molecule has 0 saturated heterocycles. The third kappa shape index (κ3) is 4.73. The summed E-state index contributed by atoms with van der Waals surface area (Å²) in [4.78, 5) is 11.2. The first-order chi connectivity index (χ1) is 9.78. The van der Waals surface area contributed by atoms with Crippen molar-refractivity contribution < 1.29 is 26.7 Å². The summed E-state index contributed by atoms with van der Waals surface area (Å²) in [6.45, 7) is 0.320. The van der Waals surface area contributed by atoms with Crippen molar-refractivity contribution in [2.45, 2.75) is 23.1 Å². The van der Waals surface area contributed by atoms with Gasteiger partial charge < -0.3 is 15.8 Å². The highest BCUT2D eigenvalue weighted by molar-refractivity contribution is 7.91. The minimum atomic E-state index is -4.64. The van der Waals surface area contributed by atoms with Crippen molar-refractivity contribution in [3.05, 3.63) is 24.3 Å². The summed E-state index contributed by atoms with van der Waals surface area (Å²) in [5.41, 5.74) is 5.87. The summed E-state index contributed by atoms with van der Waals surface area (Å²) < 4.78 is 51.9. The highest BCUT2D eigenvalue weighted by Crippen LogP contribution is 2.20. The SMILES string of the molecule is COCCC(N)C(=O)Nc1ccc(S(=O)(=O)C(F)F)cc1. The van der Waals surface area contributed by atoms with Crippen LogP contribution in [0, 0.1) is 0 Å². The van der Waals surface area contributed by atoms with Crippen molar-refractivity contribution in [3.8, 4) is 0 Å². The van der Waals surface area contributed by atoms with Gasteiger partial charge in [0, 0.05) is 19.4 Å². The molecule has 0 fully saturated rings. The van der Waals surface area contributed by atoms with Crippen molar-refractivity contribution in [3.63, 3.8) is 0 Å². The first-order valence-electron chi connectivity index (χ1n) is 5.96. The molecule has 0 aliphatic rings. The van der Waals surface area contributed by atoms with Crippen LogP contribution in [0.2, 0.25) is 0 Å². The van der Waals surface area contributed by atoms with Crippen molar-refractivity contribution in [1.29, 1.82) is 0 Å². The van der Waals surface area contributed by atoms with Crippen LogP contribution >= 0.6 is 0 Å². The number of nitrogens with two attached hydrogens (primary N) is 1. The predicted molar refractivity (Wildman–Crippen MR) is 72.7 cm³/mol. The van der Waals surface area contributed by atoms with E-state index < -0.39 is 32.4 Å². The Morgan fingerprint density at radius 3 is 2.38 bits per heavy atom. The van der Waals surface area contributed by atoms with E-state index in [0.717, 1.165) is 12.1 Å². The van der Waals surface area contributed by atoms with Crippen LogP contribution in [0.5, 0.6) is 0 Å². The zero-order valence-corrected chi connectivity index (χ0v) is 12.1. The second-order valence-electron chi connectivity index (χ2n) is 4.21. The summed E-state index contributed by atoms with van der Waals surface area (Å²) in [5.74, 6) is -3.96. The van der Waals surface area contributed by atoms with Crippen LogP contribution in [0.25, 0.3) is 0 Å². The third-order valence-corrected chi connectivity index (χ3v) is 4.05. The molecule has 0 aliphatic heterocycles. The van der Waals surface area contributed by atoms with E-state index in [1.807, 2.05) is 0 Å². The van der Waals surface area contributed by atoms with E-state index in [2.05, 4.69) is 5.32 Å². The average Bonchev–Trinajstić information content (AvgIpc) is 2.45. The Morgan fingerprint density at radius 1 is 1.33 bits per heavy atom. The van der Waals surface area contributed by atoms with Crippen LogP contribution in [0.3, 0.4) is 0 Å². The van der Waals surface area contributed by atoms with Crippen LogP contribution in [-0.4, -0.2) is 39.8 Å². The van der Waals surface area contributed by atoms with Gasteiger partial charge in [0.2, 0.25) is 15.7 Å². The van der Waals surface area contributed by atoms with Gasteiger partial charge in [-0.15, -0.1) is 0 Å². The maximum atomic E-state index is 12.3.